The highest BCUT2D eigenvalue weighted by Gasteiger charge is 2.65. The maximum absolute atomic E-state index is 14.9. The lowest BCUT2D eigenvalue weighted by Crippen LogP contribution is -2.61. The molecule has 8 aliphatic rings. The molecule has 1 amide bonds. The Morgan fingerprint density at radius 1 is 0.782 bits per heavy atom. The van der Waals surface area contributed by atoms with Crippen molar-refractivity contribution in [1.82, 2.24) is 14.7 Å². The number of methoxy groups -OCH3 is 3. The lowest BCUT2D eigenvalue weighted by molar-refractivity contribution is -0.265. The summed E-state index contributed by atoms with van der Waals surface area (Å²) in [5.74, 6) is -12.7. The number of piperidine rings is 1. The number of Topliss-reactive ketones (excluding diaryl/α,β-unsaturated/α-hetero) is 4. The molecule has 612 valence electrons. The molecule has 2 bridgehead atoms. The summed E-state index contributed by atoms with van der Waals surface area (Å²) in [6.07, 6.45) is 12.6. The number of fused-ring (bicyclic) bond motifs is 7. The number of aliphatic hydroxyl groups is 3. The smallest absolute Gasteiger partial charge is 0.340 e. The number of carbonyl (C=O) groups excluding carboxylic acids is 10. The summed E-state index contributed by atoms with van der Waals surface area (Å²) in [6.45, 7) is 18.8. The average Bonchev–Trinajstić information content (AvgIpc) is 1.16. The molecule has 4 aliphatic carbocycles. The first-order valence-corrected chi connectivity index (χ1v) is 40.0. The molecular formula is C85H125N3O22. The van der Waals surface area contributed by atoms with Crippen LogP contribution < -0.4 is 0 Å². The molecule has 3 saturated heterocycles. The van der Waals surface area contributed by atoms with E-state index in [1.165, 1.54) is 26.0 Å². The number of aliphatic hydroxyl groups excluding tert-OH is 2. The van der Waals surface area contributed by atoms with E-state index in [-0.39, 0.29) is 97.9 Å². The molecule has 4 aliphatic heterocycles. The first kappa shape index (κ1) is 88.6. The quantitative estimate of drug-likeness (QED) is 0.0255. The number of ketones is 4. The summed E-state index contributed by atoms with van der Waals surface area (Å²) in [5, 5.41) is 36.0. The van der Waals surface area contributed by atoms with Gasteiger partial charge in [0.05, 0.1) is 29.8 Å². The number of ether oxygens (including phenoxy) is 9. The molecule has 3 N–H and O–H groups in total. The Morgan fingerprint density at radius 2 is 1.47 bits per heavy atom. The minimum Gasteiger partial charge on any atom is -0.504 e. The highest BCUT2D eigenvalue weighted by atomic mass is 16.6. The predicted molar refractivity (Wildman–Crippen MR) is 408 cm³/mol. The number of allylic oxidation sites excluding steroid dienone is 7. The Labute approximate surface area is 650 Å². The highest BCUT2D eigenvalue weighted by Crippen LogP contribution is 2.64. The van der Waals surface area contributed by atoms with Crippen LogP contribution in [-0.4, -0.2) is 224 Å². The summed E-state index contributed by atoms with van der Waals surface area (Å²) in [7, 11) is 10.1. The van der Waals surface area contributed by atoms with Crippen LogP contribution in [0.25, 0.3) is 0 Å². The summed E-state index contributed by atoms with van der Waals surface area (Å²) in [4.78, 5) is 146. The van der Waals surface area contributed by atoms with Gasteiger partial charge in [-0.3, -0.25) is 38.4 Å². The standard InChI is InChI=1S/C85H125N3O22/c1-49-25-18-17-19-26-50(2)64(103-15)44-59-33-30-55(7)85(101,110-59)79(97)80(98)88-40-23-22-27-62(88)82(100)107-65(45-63(90)51(3)42-54(6)75(94)78(104-16)74(93)53(5)41-49)52(4)43-57-31-34-58(35-32-57)106-69(91)28-20-21-29-70(92)108-67-37-36-61-71-73(66(105-56(8)89)46-83(61,67)9)84(10)68(48-102-14)109-81(99)60(72(84)77(96)76(71)95)47-87(13)39-24-38-86(11)12/h17-19,25-26,42,47,49,51-53,55,57-59,61-62,64-68,75,78,94,96,101H,20-24,27-41,43-46,48H2,1-16H3/b19-17+,25-18+,50-26+,54-42+,60-47-/t49-,51-,52-,53-,55-,57?,58?,59+,61?,62?,64+,65+,66-,67+,68-,75-,78+,83+,84+,85-/m1/s1. The Bertz CT molecular complexity index is 3580. The largest absolute Gasteiger partial charge is 0.504 e. The average molecular weight is 1540 g/mol. The minimum atomic E-state index is -2.49. The van der Waals surface area contributed by atoms with Crippen molar-refractivity contribution in [2.45, 2.75) is 271 Å². The van der Waals surface area contributed by atoms with Gasteiger partial charge in [0.15, 0.2) is 11.5 Å². The molecule has 4 heterocycles. The van der Waals surface area contributed by atoms with Crippen LogP contribution in [0.3, 0.4) is 0 Å². The van der Waals surface area contributed by atoms with Crippen LogP contribution in [0.2, 0.25) is 0 Å². The fourth-order valence-electron chi connectivity index (χ4n) is 18.3. The van der Waals surface area contributed by atoms with Crippen molar-refractivity contribution in [1.29, 1.82) is 0 Å². The van der Waals surface area contributed by atoms with Crippen LogP contribution in [0.1, 0.15) is 204 Å². The normalized spacial score (nSPS) is 36.3. The SMILES string of the molecule is COC[C@H]1OC(=O)/C(=C\N(C)CCCN(C)C)C2=C(O)C(=O)C3=C([C@H](OC(C)=O)C[C@@]4(C)C3CC[C@@H]4OC(=O)CCCCC(=O)OC3CCC(C[C@@H](C)[C@@H]4CC(=O)[C@H](C)/C=C(\C)[C@@H](O)[C@@H](OC)C(=O)[C@H](C)C[C@H](C)/C=C/C=C/C=C(\C)[C@@H](OC)C[C@@H]5CC[C@@H](C)[C@@](O)(O5)C(=O)C(=O)N5CCCCC5C(=O)O4)CC3)[C@]21C. The zero-order valence-corrected chi connectivity index (χ0v) is 68.0. The maximum atomic E-state index is 14.9. The molecule has 5 fully saturated rings. The molecular weight excluding hydrogens is 1410 g/mol. The van der Waals surface area contributed by atoms with E-state index in [0.717, 1.165) is 18.5 Å². The predicted octanol–water partition coefficient (Wildman–Crippen LogP) is 10.4. The Hall–Kier alpha value is -7.00. The highest BCUT2D eigenvalue weighted by molar-refractivity contribution is 6.39. The fraction of sp³-hybridized carbons (Fsp3) is 0.718. The summed E-state index contributed by atoms with van der Waals surface area (Å²) in [6, 6.07) is -1.22. The number of hydrogen-bond acceptors (Lipinski definition) is 24. The molecule has 0 aromatic carbocycles. The van der Waals surface area contributed by atoms with Crippen molar-refractivity contribution in [3.8, 4) is 0 Å². The van der Waals surface area contributed by atoms with E-state index >= 15 is 0 Å². The molecule has 8 rings (SSSR count). The van der Waals surface area contributed by atoms with Crippen LogP contribution in [0.4, 0.5) is 0 Å². The van der Waals surface area contributed by atoms with Gasteiger partial charge in [-0.25, -0.2) is 9.59 Å². The zero-order valence-electron chi connectivity index (χ0n) is 68.0. The van der Waals surface area contributed by atoms with Crippen molar-refractivity contribution in [2.75, 3.05) is 68.7 Å². The summed E-state index contributed by atoms with van der Waals surface area (Å²) in [5.41, 5.74) is -0.353. The number of amides is 1. The van der Waals surface area contributed by atoms with E-state index in [4.69, 9.17) is 42.6 Å². The number of unbranched alkanes of at least 4 members (excludes halogenated alkanes) is 1. The van der Waals surface area contributed by atoms with Gasteiger partial charge in [-0.1, -0.05) is 78.0 Å². The van der Waals surface area contributed by atoms with Crippen molar-refractivity contribution in [3.05, 3.63) is 81.9 Å². The van der Waals surface area contributed by atoms with Crippen molar-refractivity contribution >= 4 is 58.9 Å². The summed E-state index contributed by atoms with van der Waals surface area (Å²) >= 11 is 0. The second-order valence-corrected chi connectivity index (χ2v) is 33.4. The van der Waals surface area contributed by atoms with Gasteiger partial charge >= 0.3 is 29.8 Å². The number of nitrogens with zero attached hydrogens (tertiary/aromatic N) is 3. The van der Waals surface area contributed by atoms with Crippen LogP contribution >= 0.6 is 0 Å². The Morgan fingerprint density at radius 3 is 2.13 bits per heavy atom. The summed E-state index contributed by atoms with van der Waals surface area (Å²) < 4.78 is 54.2. The van der Waals surface area contributed by atoms with Gasteiger partial charge in [0.25, 0.3) is 11.7 Å². The third-order valence-corrected chi connectivity index (χ3v) is 24.8. The number of esters is 5. The minimum absolute atomic E-state index is 0.0114. The second kappa shape index (κ2) is 39.2. The second-order valence-electron chi connectivity index (χ2n) is 33.4. The van der Waals surface area contributed by atoms with Gasteiger partial charge in [0.2, 0.25) is 11.6 Å². The molecule has 0 aromatic rings. The molecule has 25 nitrogen and oxygen atoms in total. The number of carbonyl (C=O) groups is 10. The van der Waals surface area contributed by atoms with Crippen LogP contribution in [0.5, 0.6) is 0 Å². The third kappa shape index (κ3) is 20.9. The van der Waals surface area contributed by atoms with Gasteiger partial charge in [0, 0.05) is 115 Å². The molecule has 25 heteroatoms. The van der Waals surface area contributed by atoms with E-state index < -0.39 is 154 Å². The lowest BCUT2D eigenvalue weighted by atomic mass is 9.53. The molecule has 0 aromatic heterocycles. The Kier molecular flexibility index (Phi) is 31.5. The zero-order chi connectivity index (χ0) is 80.9. The lowest BCUT2D eigenvalue weighted by Gasteiger charge is -2.54. The van der Waals surface area contributed by atoms with Crippen LogP contribution in [0, 0.1) is 52.3 Å². The number of hydrogen-bond donors (Lipinski definition) is 3. The topological polar surface area (TPSA) is 324 Å². The fourth-order valence-corrected chi connectivity index (χ4v) is 18.3. The number of rotatable bonds is 20. The van der Waals surface area contributed by atoms with Crippen molar-refractivity contribution in [2.24, 2.45) is 52.3 Å². The molecule has 0 spiro atoms. The van der Waals surface area contributed by atoms with Crippen LogP contribution in [-0.2, 0) is 90.6 Å². The third-order valence-electron chi connectivity index (χ3n) is 24.8. The van der Waals surface area contributed by atoms with Gasteiger partial charge in [-0.15, -0.1) is 0 Å². The maximum Gasteiger partial charge on any atom is 0.340 e. The van der Waals surface area contributed by atoms with Crippen molar-refractivity contribution < 1.29 is 106 Å². The van der Waals surface area contributed by atoms with Gasteiger partial charge in [0.1, 0.15) is 54.6 Å². The molecule has 18 atom stereocenters. The first-order chi connectivity index (χ1) is 52.0. The van der Waals surface area contributed by atoms with Gasteiger partial charge in [-0.05, 0) is 191 Å². The molecule has 2 unspecified atom stereocenters. The first-order valence-electron chi connectivity index (χ1n) is 40.0. The van der Waals surface area contributed by atoms with Crippen molar-refractivity contribution in [3.63, 3.8) is 0 Å². The molecule has 0 radical (unpaired) electrons. The van der Waals surface area contributed by atoms with Gasteiger partial charge in [-0.2, -0.15) is 0 Å². The van der Waals surface area contributed by atoms with E-state index in [1.807, 2.05) is 82.0 Å². The Balaban J connectivity index is 0.901. The number of cyclic esters (lactones) is 2. The van der Waals surface area contributed by atoms with E-state index in [9.17, 15) is 63.3 Å². The van der Waals surface area contributed by atoms with E-state index in [1.54, 1.807) is 61.1 Å². The van der Waals surface area contributed by atoms with Gasteiger partial charge < -0.3 is 72.7 Å². The molecule has 110 heavy (non-hydrogen) atoms. The van der Waals surface area contributed by atoms with Crippen LogP contribution in [0.15, 0.2) is 81.9 Å². The van der Waals surface area contributed by atoms with E-state index in [0.29, 0.717) is 108 Å². The monoisotopic (exact) mass is 1540 g/mol. The molecule has 2 saturated carbocycles. The van der Waals surface area contributed by atoms with E-state index in [2.05, 4.69) is 0 Å².